The van der Waals surface area contributed by atoms with E-state index in [4.69, 9.17) is 14.6 Å². The molecule has 7 rings (SSSR count). The van der Waals surface area contributed by atoms with E-state index in [-0.39, 0.29) is 0 Å². The van der Waals surface area contributed by atoms with Crippen molar-refractivity contribution in [2.24, 2.45) is 7.05 Å². The summed E-state index contributed by atoms with van der Waals surface area (Å²) in [7, 11) is 2.01. The lowest BCUT2D eigenvalue weighted by atomic mass is 9.97. The second kappa shape index (κ2) is 12.7. The Bertz CT molecular complexity index is 1760. The Morgan fingerprint density at radius 1 is 0.909 bits per heavy atom. The Balaban J connectivity index is 1.28. The Labute approximate surface area is 258 Å². The van der Waals surface area contributed by atoms with Crippen molar-refractivity contribution in [3.05, 3.63) is 83.3 Å². The van der Waals surface area contributed by atoms with Gasteiger partial charge in [-0.1, -0.05) is 54.6 Å². The predicted molar refractivity (Wildman–Crippen MR) is 172 cm³/mol. The molecule has 5 aromatic rings. The van der Waals surface area contributed by atoms with Gasteiger partial charge in [-0.2, -0.15) is 5.10 Å². The number of likely N-dealkylation sites (tertiary alicyclic amines) is 1. The van der Waals surface area contributed by atoms with E-state index < -0.39 is 6.29 Å². The summed E-state index contributed by atoms with van der Waals surface area (Å²) in [4.78, 5) is 2.48. The molecular formula is C36H42N4O4. The van der Waals surface area contributed by atoms with Crippen molar-refractivity contribution < 1.29 is 19.7 Å². The van der Waals surface area contributed by atoms with Crippen LogP contribution < -0.4 is 4.74 Å². The monoisotopic (exact) mass is 594 g/mol. The number of aliphatic hydroxyl groups is 2. The molecule has 0 aliphatic carbocycles. The number of aliphatic hydroxyl groups excluding tert-OH is 1. The molecule has 1 fully saturated rings. The molecule has 0 atom stereocenters. The minimum Gasteiger partial charge on any atom is -0.493 e. The third kappa shape index (κ3) is 5.52. The van der Waals surface area contributed by atoms with Gasteiger partial charge in [0, 0.05) is 48.6 Å². The lowest BCUT2D eigenvalue weighted by molar-refractivity contribution is -0.0488. The van der Waals surface area contributed by atoms with E-state index in [1.165, 1.54) is 12.8 Å². The van der Waals surface area contributed by atoms with E-state index in [1.807, 2.05) is 36.0 Å². The topological polar surface area (TPSA) is 84.9 Å². The zero-order chi connectivity index (χ0) is 30.0. The molecule has 2 aliphatic rings. The highest BCUT2D eigenvalue weighted by molar-refractivity contribution is 5.99. The standard InChI is InChI=1S/C36H42N4O4/c1-38-31-24-43-21-7-6-20-40-34-27(14-9-15-29(34)33(31)30(37-38)23-39-18-4-5-19-39)28(35(40)36(41)42)16-10-22-44-32-17-8-12-25-11-2-3-13-26(25)32/h2-3,8-9,11-15,17,36,41-42H,4-7,10,16,18-24H2,1H3. The highest BCUT2D eigenvalue weighted by Crippen LogP contribution is 2.40. The fraction of sp³-hybridized carbons (Fsp3) is 0.417. The SMILES string of the molecule is Cn1nc(CN2CCCC2)c2c1COCCCCn1c(C(O)O)c(CCCOc3cccc4ccccc34)c3cccc-2c31. The van der Waals surface area contributed by atoms with Gasteiger partial charge in [-0.3, -0.25) is 9.58 Å². The normalized spacial score (nSPS) is 16.1. The third-order valence-corrected chi connectivity index (χ3v) is 9.29. The van der Waals surface area contributed by atoms with Gasteiger partial charge in [0.25, 0.3) is 0 Å². The third-order valence-electron chi connectivity index (χ3n) is 9.29. The molecule has 8 nitrogen and oxygen atoms in total. The Morgan fingerprint density at radius 2 is 1.68 bits per heavy atom. The van der Waals surface area contributed by atoms with Crippen molar-refractivity contribution in [2.75, 3.05) is 26.3 Å². The summed E-state index contributed by atoms with van der Waals surface area (Å²) >= 11 is 0. The van der Waals surface area contributed by atoms with Crippen molar-refractivity contribution >= 4 is 21.7 Å². The largest absolute Gasteiger partial charge is 0.493 e. The summed E-state index contributed by atoms with van der Waals surface area (Å²) < 4.78 is 16.6. The number of rotatable bonds is 8. The van der Waals surface area contributed by atoms with Crippen LogP contribution in [0.4, 0.5) is 0 Å². The first-order valence-electron chi connectivity index (χ1n) is 16.1. The Hall–Kier alpha value is -3.69. The fourth-order valence-corrected chi connectivity index (χ4v) is 7.25. The van der Waals surface area contributed by atoms with E-state index in [0.717, 1.165) is 94.4 Å². The predicted octanol–water partition coefficient (Wildman–Crippen LogP) is 6.10. The van der Waals surface area contributed by atoms with E-state index in [9.17, 15) is 10.2 Å². The molecule has 0 unspecified atom stereocenters. The smallest absolute Gasteiger partial charge is 0.194 e. The summed E-state index contributed by atoms with van der Waals surface area (Å²) in [6.45, 7) is 5.36. The Kier molecular flexibility index (Phi) is 8.41. The summed E-state index contributed by atoms with van der Waals surface area (Å²) in [6, 6.07) is 20.8. The number of nitrogens with zero attached hydrogens (tertiary/aromatic N) is 4. The lowest BCUT2D eigenvalue weighted by Crippen LogP contribution is -2.19. The van der Waals surface area contributed by atoms with Crippen LogP contribution in [0.3, 0.4) is 0 Å². The van der Waals surface area contributed by atoms with Crippen LogP contribution in [-0.2, 0) is 37.9 Å². The van der Waals surface area contributed by atoms with Crippen LogP contribution >= 0.6 is 0 Å². The summed E-state index contributed by atoms with van der Waals surface area (Å²) in [5.74, 6) is 0.876. The van der Waals surface area contributed by atoms with Crippen molar-refractivity contribution in [3.8, 4) is 16.9 Å². The van der Waals surface area contributed by atoms with Crippen LogP contribution in [0.15, 0.2) is 60.7 Å². The van der Waals surface area contributed by atoms with Gasteiger partial charge in [0.2, 0.25) is 0 Å². The summed E-state index contributed by atoms with van der Waals surface area (Å²) in [5, 5.41) is 30.0. The molecule has 8 heteroatoms. The number of benzene rings is 3. The van der Waals surface area contributed by atoms with E-state index in [2.05, 4.69) is 45.9 Å². The van der Waals surface area contributed by atoms with Crippen LogP contribution in [0.25, 0.3) is 32.8 Å². The number of para-hydroxylation sites is 1. The molecule has 4 heterocycles. The van der Waals surface area contributed by atoms with Crippen LogP contribution in [0, 0.1) is 0 Å². The van der Waals surface area contributed by atoms with E-state index in [1.54, 1.807) is 0 Å². The number of hydrogen-bond donors (Lipinski definition) is 2. The van der Waals surface area contributed by atoms with Gasteiger partial charge in [0.1, 0.15) is 5.75 Å². The fourth-order valence-electron chi connectivity index (χ4n) is 7.25. The first-order chi connectivity index (χ1) is 21.6. The van der Waals surface area contributed by atoms with Gasteiger partial charge in [-0.15, -0.1) is 0 Å². The van der Waals surface area contributed by atoms with Crippen molar-refractivity contribution in [1.82, 2.24) is 19.2 Å². The van der Waals surface area contributed by atoms with Gasteiger partial charge in [-0.25, -0.2) is 0 Å². The quantitative estimate of drug-likeness (QED) is 0.167. The molecule has 2 aromatic heterocycles. The number of aryl methyl sites for hydroxylation is 3. The second-order valence-electron chi connectivity index (χ2n) is 12.2. The molecule has 0 radical (unpaired) electrons. The van der Waals surface area contributed by atoms with E-state index >= 15 is 0 Å². The van der Waals surface area contributed by atoms with Crippen LogP contribution in [0.5, 0.6) is 5.75 Å². The molecule has 1 saturated heterocycles. The molecule has 0 saturated carbocycles. The minimum atomic E-state index is -1.58. The molecule has 230 valence electrons. The molecule has 0 bridgehead atoms. The van der Waals surface area contributed by atoms with Gasteiger partial charge < -0.3 is 24.3 Å². The van der Waals surface area contributed by atoms with Crippen LogP contribution in [0.1, 0.15) is 61.0 Å². The number of hydrogen-bond acceptors (Lipinski definition) is 6. The minimum absolute atomic E-state index is 0.504. The average molecular weight is 595 g/mol. The average Bonchev–Trinajstić information content (AvgIpc) is 3.73. The zero-order valence-electron chi connectivity index (χ0n) is 25.5. The molecule has 2 N–H and O–H groups in total. The number of aromatic nitrogens is 3. The maximum absolute atomic E-state index is 10.8. The van der Waals surface area contributed by atoms with Crippen LogP contribution in [-0.4, -0.2) is 55.8 Å². The van der Waals surface area contributed by atoms with Gasteiger partial charge in [0.05, 0.1) is 35.8 Å². The van der Waals surface area contributed by atoms with E-state index in [0.29, 0.717) is 38.5 Å². The van der Waals surface area contributed by atoms with Gasteiger partial charge in [-0.05, 0) is 68.6 Å². The number of ether oxygens (including phenoxy) is 2. The van der Waals surface area contributed by atoms with Crippen molar-refractivity contribution in [1.29, 1.82) is 0 Å². The highest BCUT2D eigenvalue weighted by atomic mass is 16.5. The lowest BCUT2D eigenvalue weighted by Gasteiger charge is -2.17. The first-order valence-corrected chi connectivity index (χ1v) is 16.1. The maximum Gasteiger partial charge on any atom is 0.194 e. The summed E-state index contributed by atoms with van der Waals surface area (Å²) in [6.07, 6.45) is 4.07. The molecule has 3 aromatic carbocycles. The van der Waals surface area contributed by atoms with Crippen molar-refractivity contribution in [2.45, 2.75) is 64.5 Å². The Morgan fingerprint density at radius 3 is 2.55 bits per heavy atom. The molecule has 0 spiro atoms. The molecular weight excluding hydrogens is 552 g/mol. The molecule has 44 heavy (non-hydrogen) atoms. The maximum atomic E-state index is 10.8. The highest BCUT2D eigenvalue weighted by Gasteiger charge is 2.28. The second-order valence-corrected chi connectivity index (χ2v) is 12.2. The molecule has 0 amide bonds. The van der Waals surface area contributed by atoms with Crippen molar-refractivity contribution in [3.63, 3.8) is 0 Å². The summed E-state index contributed by atoms with van der Waals surface area (Å²) in [5.41, 5.74) is 6.96. The molecule has 2 aliphatic heterocycles. The first kappa shape index (κ1) is 29.0. The van der Waals surface area contributed by atoms with Gasteiger partial charge in [0.15, 0.2) is 6.29 Å². The number of fused-ring (bicyclic) bond motifs is 3. The zero-order valence-corrected chi connectivity index (χ0v) is 25.5. The van der Waals surface area contributed by atoms with Crippen LogP contribution in [0.2, 0.25) is 0 Å². The van der Waals surface area contributed by atoms with Gasteiger partial charge >= 0.3 is 0 Å².